The van der Waals surface area contributed by atoms with Gasteiger partial charge in [-0.3, -0.25) is 0 Å². The molecule has 1 saturated heterocycles. The molecule has 3 atom stereocenters. The van der Waals surface area contributed by atoms with Crippen molar-refractivity contribution in [2.45, 2.75) is 44.9 Å². The van der Waals surface area contributed by atoms with Gasteiger partial charge in [-0.2, -0.15) is 0 Å². The zero-order valence-corrected chi connectivity index (χ0v) is 11.2. The molecule has 0 bridgehead atoms. The predicted octanol–water partition coefficient (Wildman–Crippen LogP) is 3.04. The quantitative estimate of drug-likeness (QED) is 0.891. The van der Waals surface area contributed by atoms with Gasteiger partial charge in [0.05, 0.1) is 6.10 Å². The zero-order chi connectivity index (χ0) is 12.3. The Morgan fingerprint density at radius 3 is 2.88 bits per heavy atom. The summed E-state index contributed by atoms with van der Waals surface area (Å²) in [6, 6.07) is 8.95. The minimum absolute atomic E-state index is 0.323. The molecule has 2 nitrogen and oxygen atoms in total. The van der Waals surface area contributed by atoms with Gasteiger partial charge in [0.1, 0.15) is 0 Å². The fourth-order valence-electron chi connectivity index (χ4n) is 2.37. The maximum atomic E-state index is 6.16. The Bertz CT molecular complexity index is 369. The molecule has 0 spiro atoms. The maximum absolute atomic E-state index is 6.16. The summed E-state index contributed by atoms with van der Waals surface area (Å²) in [5, 5.41) is 4.48. The smallest absolute Gasteiger partial charge is 0.0700 e. The Hall–Kier alpha value is -0.570. The molecular weight excluding hydrogens is 234 g/mol. The summed E-state index contributed by atoms with van der Waals surface area (Å²) in [5.41, 5.74) is 1.21. The standard InChI is InChI=1S/C14H20ClNO/c1-10(16-14-7-8-17-11(14)2)9-12-5-3-4-6-13(12)15/h3-6,10-11,14,16H,7-9H2,1-2H3. The number of hydrogen-bond donors (Lipinski definition) is 1. The molecule has 94 valence electrons. The van der Waals surface area contributed by atoms with Crippen LogP contribution < -0.4 is 5.32 Å². The number of rotatable bonds is 4. The molecule has 17 heavy (non-hydrogen) atoms. The first-order valence-corrected chi connectivity index (χ1v) is 6.65. The van der Waals surface area contributed by atoms with Crippen LogP contribution in [0, 0.1) is 0 Å². The van der Waals surface area contributed by atoms with Crippen molar-refractivity contribution >= 4 is 11.6 Å². The van der Waals surface area contributed by atoms with Crippen molar-refractivity contribution in [1.82, 2.24) is 5.32 Å². The number of ether oxygens (including phenoxy) is 1. The number of halogens is 1. The third-order valence-corrected chi connectivity index (χ3v) is 3.73. The molecule has 3 unspecified atom stereocenters. The fourth-order valence-corrected chi connectivity index (χ4v) is 2.58. The average molecular weight is 254 g/mol. The molecule has 0 amide bonds. The van der Waals surface area contributed by atoms with Gasteiger partial charge in [0.2, 0.25) is 0 Å². The summed E-state index contributed by atoms with van der Waals surface area (Å²) in [4.78, 5) is 0. The topological polar surface area (TPSA) is 21.3 Å². The van der Waals surface area contributed by atoms with Crippen molar-refractivity contribution in [2.24, 2.45) is 0 Å². The lowest BCUT2D eigenvalue weighted by Crippen LogP contribution is -2.41. The maximum Gasteiger partial charge on any atom is 0.0700 e. The molecule has 0 radical (unpaired) electrons. The van der Waals surface area contributed by atoms with Crippen molar-refractivity contribution in [3.05, 3.63) is 34.9 Å². The third kappa shape index (κ3) is 3.44. The van der Waals surface area contributed by atoms with Crippen molar-refractivity contribution in [1.29, 1.82) is 0 Å². The van der Waals surface area contributed by atoms with Gasteiger partial charge in [0, 0.05) is 23.7 Å². The summed E-state index contributed by atoms with van der Waals surface area (Å²) < 4.78 is 5.55. The first-order chi connectivity index (χ1) is 8.16. The summed E-state index contributed by atoms with van der Waals surface area (Å²) >= 11 is 6.16. The predicted molar refractivity (Wildman–Crippen MR) is 71.6 cm³/mol. The van der Waals surface area contributed by atoms with Crippen LogP contribution in [0.2, 0.25) is 5.02 Å². The van der Waals surface area contributed by atoms with Gasteiger partial charge >= 0.3 is 0 Å². The van der Waals surface area contributed by atoms with Crippen molar-refractivity contribution < 1.29 is 4.74 Å². The van der Waals surface area contributed by atoms with Gasteiger partial charge in [-0.25, -0.2) is 0 Å². The Kier molecular flexibility index (Phi) is 4.43. The van der Waals surface area contributed by atoms with E-state index in [-0.39, 0.29) is 0 Å². The highest BCUT2D eigenvalue weighted by Crippen LogP contribution is 2.18. The Labute approximate surface area is 108 Å². The van der Waals surface area contributed by atoms with Gasteiger partial charge in [-0.15, -0.1) is 0 Å². The van der Waals surface area contributed by atoms with E-state index < -0.39 is 0 Å². The van der Waals surface area contributed by atoms with E-state index in [0.29, 0.717) is 18.2 Å². The third-order valence-electron chi connectivity index (χ3n) is 3.36. The van der Waals surface area contributed by atoms with Crippen LogP contribution >= 0.6 is 11.6 Å². The van der Waals surface area contributed by atoms with Gasteiger partial charge in [-0.05, 0) is 38.3 Å². The summed E-state index contributed by atoms with van der Waals surface area (Å²) in [5.74, 6) is 0. The molecule has 1 N–H and O–H groups in total. The first-order valence-electron chi connectivity index (χ1n) is 6.28. The number of nitrogens with one attached hydrogen (secondary N) is 1. The second kappa shape index (κ2) is 5.85. The zero-order valence-electron chi connectivity index (χ0n) is 10.4. The second-order valence-electron chi connectivity index (χ2n) is 4.83. The highest BCUT2D eigenvalue weighted by molar-refractivity contribution is 6.31. The normalized spacial score (nSPS) is 26.1. The van der Waals surface area contributed by atoms with E-state index >= 15 is 0 Å². The van der Waals surface area contributed by atoms with Gasteiger partial charge < -0.3 is 10.1 Å². The average Bonchev–Trinajstić information content (AvgIpc) is 2.68. The van der Waals surface area contributed by atoms with E-state index in [1.165, 1.54) is 5.56 Å². The Morgan fingerprint density at radius 2 is 2.24 bits per heavy atom. The van der Waals surface area contributed by atoms with Gasteiger partial charge in [-0.1, -0.05) is 29.8 Å². The first kappa shape index (κ1) is 12.9. The van der Waals surface area contributed by atoms with Crippen molar-refractivity contribution in [2.75, 3.05) is 6.61 Å². The Morgan fingerprint density at radius 1 is 1.47 bits per heavy atom. The second-order valence-corrected chi connectivity index (χ2v) is 5.24. The van der Waals surface area contributed by atoms with Crippen LogP contribution in [0.5, 0.6) is 0 Å². The molecule has 1 aliphatic heterocycles. The molecule has 1 fully saturated rings. The van der Waals surface area contributed by atoms with Crippen LogP contribution in [0.1, 0.15) is 25.8 Å². The van der Waals surface area contributed by atoms with Crippen molar-refractivity contribution in [3.63, 3.8) is 0 Å². The van der Waals surface area contributed by atoms with Crippen LogP contribution in [0.4, 0.5) is 0 Å². The van der Waals surface area contributed by atoms with Crippen LogP contribution in [-0.2, 0) is 11.2 Å². The van der Waals surface area contributed by atoms with Crippen LogP contribution in [-0.4, -0.2) is 24.8 Å². The summed E-state index contributed by atoms with van der Waals surface area (Å²) in [7, 11) is 0. The minimum Gasteiger partial charge on any atom is -0.377 e. The van der Waals surface area contributed by atoms with Crippen molar-refractivity contribution in [3.8, 4) is 0 Å². The molecule has 1 aliphatic rings. The molecule has 1 aromatic rings. The molecule has 1 aromatic carbocycles. The minimum atomic E-state index is 0.323. The molecule has 1 heterocycles. The monoisotopic (exact) mass is 253 g/mol. The number of benzene rings is 1. The van der Waals surface area contributed by atoms with E-state index in [2.05, 4.69) is 25.2 Å². The van der Waals surface area contributed by atoms with Crippen LogP contribution in [0.3, 0.4) is 0 Å². The molecule has 0 aromatic heterocycles. The largest absolute Gasteiger partial charge is 0.377 e. The van der Waals surface area contributed by atoms with E-state index in [1.54, 1.807) is 0 Å². The van der Waals surface area contributed by atoms with E-state index in [9.17, 15) is 0 Å². The van der Waals surface area contributed by atoms with Gasteiger partial charge in [0.25, 0.3) is 0 Å². The fraction of sp³-hybridized carbons (Fsp3) is 0.571. The SMILES string of the molecule is CC(Cc1ccccc1Cl)NC1CCOC1C. The lowest BCUT2D eigenvalue weighted by atomic mass is 10.0. The van der Waals surface area contributed by atoms with Crippen LogP contribution in [0.25, 0.3) is 0 Å². The lowest BCUT2D eigenvalue weighted by molar-refractivity contribution is 0.111. The number of hydrogen-bond acceptors (Lipinski definition) is 2. The molecule has 0 aliphatic carbocycles. The molecule has 3 heteroatoms. The van der Waals surface area contributed by atoms with Gasteiger partial charge in [0.15, 0.2) is 0 Å². The highest BCUT2D eigenvalue weighted by atomic mass is 35.5. The van der Waals surface area contributed by atoms with E-state index in [4.69, 9.17) is 16.3 Å². The highest BCUT2D eigenvalue weighted by Gasteiger charge is 2.25. The van der Waals surface area contributed by atoms with E-state index in [1.807, 2.05) is 18.2 Å². The Balaban J connectivity index is 1.89. The lowest BCUT2D eigenvalue weighted by Gasteiger charge is -2.22. The molecule has 2 rings (SSSR count). The summed E-state index contributed by atoms with van der Waals surface area (Å²) in [6.07, 6.45) is 2.39. The molecule has 0 saturated carbocycles. The molecular formula is C14H20ClNO. The summed E-state index contributed by atoms with van der Waals surface area (Å²) in [6.45, 7) is 5.21. The van der Waals surface area contributed by atoms with E-state index in [0.717, 1.165) is 24.5 Å². The van der Waals surface area contributed by atoms with Crippen LogP contribution in [0.15, 0.2) is 24.3 Å².